The summed E-state index contributed by atoms with van der Waals surface area (Å²) in [5.74, 6) is 0. The van der Waals surface area contributed by atoms with Crippen LogP contribution in [0.2, 0.25) is 0 Å². The quantitative estimate of drug-likeness (QED) is 0.0622. The van der Waals surface area contributed by atoms with Gasteiger partial charge in [0, 0.05) is 44.9 Å². The number of rotatable bonds is 14. The highest BCUT2D eigenvalue weighted by Gasteiger charge is 2.39. The molecule has 0 saturated carbocycles. The number of unbranched alkanes of at least 4 members (excludes halogenated alkanes) is 3. The van der Waals surface area contributed by atoms with Crippen LogP contribution in [0.25, 0.3) is 28.9 Å². The molecule has 0 amide bonds. The maximum absolute atomic E-state index is 11.3. The van der Waals surface area contributed by atoms with Crippen LogP contribution in [0.1, 0.15) is 97.4 Å². The third-order valence-corrected chi connectivity index (χ3v) is 12.8. The zero-order valence-corrected chi connectivity index (χ0v) is 38.0. The number of fused-ring (bicyclic) bond motifs is 3. The molecule has 1 aliphatic rings. The number of nitriles is 2. The topological polar surface area (TPSA) is 54.1 Å². The van der Waals surface area contributed by atoms with Crippen molar-refractivity contribution in [3.8, 4) is 23.3 Å². The van der Waals surface area contributed by atoms with Gasteiger partial charge in [0.05, 0.1) is 29.1 Å². The van der Waals surface area contributed by atoms with Crippen molar-refractivity contribution in [2.75, 3.05) is 9.80 Å². The summed E-state index contributed by atoms with van der Waals surface area (Å²) in [7, 11) is 0. The summed E-state index contributed by atoms with van der Waals surface area (Å²) in [6, 6.07) is 60.8. The van der Waals surface area contributed by atoms with Gasteiger partial charge in [0.25, 0.3) is 0 Å². The first-order chi connectivity index (χ1) is 31.1. The molecule has 8 rings (SSSR count). The molecule has 4 nitrogen and oxygen atoms in total. The first-order valence-electron chi connectivity index (χ1n) is 22.6. The molecule has 64 heavy (non-hydrogen) atoms. The summed E-state index contributed by atoms with van der Waals surface area (Å²) in [6.45, 7) is 12.9. The maximum atomic E-state index is 11.3. The van der Waals surface area contributed by atoms with Crippen molar-refractivity contribution in [1.82, 2.24) is 0 Å². The zero-order chi connectivity index (χ0) is 44.8. The van der Waals surface area contributed by atoms with Gasteiger partial charge in [-0.25, -0.2) is 0 Å². The second-order valence-electron chi connectivity index (χ2n) is 17.5. The Bertz CT molecular complexity index is 2930. The van der Waals surface area contributed by atoms with Gasteiger partial charge < -0.3 is 9.80 Å². The van der Waals surface area contributed by atoms with Crippen molar-refractivity contribution in [3.05, 3.63) is 208 Å². The summed E-state index contributed by atoms with van der Waals surface area (Å²) in [6.07, 6.45) is 9.97. The second kappa shape index (κ2) is 18.9. The minimum Gasteiger partial charge on any atom is -0.310 e. The Labute approximate surface area is 380 Å². The van der Waals surface area contributed by atoms with E-state index in [9.17, 15) is 10.5 Å². The Morgan fingerprint density at radius 1 is 0.531 bits per heavy atom. The lowest BCUT2D eigenvalue weighted by Gasteiger charge is -2.32. The van der Waals surface area contributed by atoms with Crippen LogP contribution in [0, 0.1) is 43.4 Å². The van der Waals surface area contributed by atoms with E-state index >= 15 is 0 Å². The highest BCUT2D eigenvalue weighted by Crippen LogP contribution is 2.53. The van der Waals surface area contributed by atoms with Crippen LogP contribution in [0.4, 0.5) is 34.1 Å². The van der Waals surface area contributed by atoms with Crippen LogP contribution in [0.15, 0.2) is 163 Å². The lowest BCUT2D eigenvalue weighted by Crippen LogP contribution is -2.20. The second-order valence-corrected chi connectivity index (χ2v) is 17.5. The molecule has 4 heteroatoms. The van der Waals surface area contributed by atoms with E-state index in [1.807, 2.05) is 37.3 Å². The Kier molecular flexibility index (Phi) is 12.8. The van der Waals surface area contributed by atoms with Crippen LogP contribution < -0.4 is 9.80 Å². The molecule has 0 bridgehead atoms. The molecule has 0 heterocycles. The average molecular weight is 833 g/mol. The lowest BCUT2D eigenvalue weighted by molar-refractivity contribution is 0.487. The predicted molar refractivity (Wildman–Crippen MR) is 270 cm³/mol. The highest BCUT2D eigenvalue weighted by atomic mass is 15.2. The average Bonchev–Trinajstić information content (AvgIpc) is 3.55. The minimum atomic E-state index is -0.104. The van der Waals surface area contributed by atoms with E-state index < -0.39 is 0 Å². The molecule has 0 saturated heterocycles. The first-order valence-corrected chi connectivity index (χ1v) is 22.6. The van der Waals surface area contributed by atoms with Gasteiger partial charge in [-0.1, -0.05) is 147 Å². The number of nitrogens with zero attached hydrogens (tertiary/aromatic N) is 4. The molecule has 0 radical (unpaired) electrons. The van der Waals surface area contributed by atoms with Crippen molar-refractivity contribution in [1.29, 1.82) is 10.5 Å². The van der Waals surface area contributed by atoms with Crippen LogP contribution in [0.3, 0.4) is 0 Å². The normalized spacial score (nSPS) is 14.3. The molecule has 7 aromatic rings. The van der Waals surface area contributed by atoms with Gasteiger partial charge >= 0.3 is 0 Å². The SMILES string of the molecule is CCCCCCC1(C)c2ccc(/C(C#N)=C/c3cc(N(c4ccccc4)c4ccc(C)cc4)c(/C=C(\C)C#N)cc3N(c3ccccc3)c3ccc(C)cc3)cc2-c2ccc(C)cc21. The van der Waals surface area contributed by atoms with E-state index in [4.69, 9.17) is 0 Å². The van der Waals surface area contributed by atoms with Crippen molar-refractivity contribution in [2.24, 2.45) is 0 Å². The molecule has 1 unspecified atom stereocenters. The molecular formula is C60H56N4. The summed E-state index contributed by atoms with van der Waals surface area (Å²) < 4.78 is 0. The summed E-state index contributed by atoms with van der Waals surface area (Å²) in [5, 5.41) is 21.5. The van der Waals surface area contributed by atoms with Gasteiger partial charge in [-0.15, -0.1) is 0 Å². The van der Waals surface area contributed by atoms with Crippen LogP contribution >= 0.6 is 0 Å². The number of benzene rings is 7. The van der Waals surface area contributed by atoms with Crippen LogP contribution in [-0.2, 0) is 5.41 Å². The third kappa shape index (κ3) is 8.79. The van der Waals surface area contributed by atoms with Gasteiger partial charge in [0.2, 0.25) is 0 Å². The largest absolute Gasteiger partial charge is 0.310 e. The first kappa shape index (κ1) is 43.3. The number of hydrogen-bond donors (Lipinski definition) is 0. The number of allylic oxidation sites excluding steroid dienone is 2. The van der Waals surface area contributed by atoms with E-state index in [0.29, 0.717) is 11.1 Å². The predicted octanol–water partition coefficient (Wildman–Crippen LogP) is 16.8. The Hall–Kier alpha value is -7.40. The maximum Gasteiger partial charge on any atom is 0.0998 e. The molecule has 1 aliphatic carbocycles. The van der Waals surface area contributed by atoms with E-state index in [-0.39, 0.29) is 5.41 Å². The van der Waals surface area contributed by atoms with Crippen LogP contribution in [0.5, 0.6) is 0 Å². The molecule has 7 aromatic carbocycles. The van der Waals surface area contributed by atoms with Crippen molar-refractivity contribution in [3.63, 3.8) is 0 Å². The Morgan fingerprint density at radius 3 is 1.59 bits per heavy atom. The minimum absolute atomic E-state index is 0.104. The Morgan fingerprint density at radius 2 is 1.06 bits per heavy atom. The van der Waals surface area contributed by atoms with Gasteiger partial charge in [0.15, 0.2) is 0 Å². The fraction of sp³-hybridized carbons (Fsp3) is 0.200. The summed E-state index contributed by atoms with van der Waals surface area (Å²) >= 11 is 0. The van der Waals surface area contributed by atoms with E-state index in [1.165, 1.54) is 53.5 Å². The number of anilines is 6. The number of hydrogen-bond acceptors (Lipinski definition) is 4. The smallest absolute Gasteiger partial charge is 0.0998 e. The van der Waals surface area contributed by atoms with E-state index in [2.05, 4.69) is 196 Å². The van der Waals surface area contributed by atoms with Gasteiger partial charge in [-0.05, 0) is 141 Å². The number of aryl methyl sites for hydroxylation is 3. The summed E-state index contributed by atoms with van der Waals surface area (Å²) in [5.41, 5.74) is 18.1. The molecular weight excluding hydrogens is 777 g/mol. The third-order valence-electron chi connectivity index (χ3n) is 12.8. The van der Waals surface area contributed by atoms with Gasteiger partial charge in [-0.3, -0.25) is 0 Å². The van der Waals surface area contributed by atoms with Crippen molar-refractivity contribution >= 4 is 51.8 Å². The zero-order valence-electron chi connectivity index (χ0n) is 38.0. The monoisotopic (exact) mass is 832 g/mol. The summed E-state index contributed by atoms with van der Waals surface area (Å²) in [4.78, 5) is 4.50. The molecule has 0 spiro atoms. The Balaban J connectivity index is 1.40. The highest BCUT2D eigenvalue weighted by molar-refractivity contribution is 5.99. The van der Waals surface area contributed by atoms with E-state index in [1.54, 1.807) is 0 Å². The fourth-order valence-corrected chi connectivity index (χ4v) is 9.31. The molecule has 1 atom stereocenters. The lowest BCUT2D eigenvalue weighted by atomic mass is 9.75. The molecule has 316 valence electrons. The fourth-order valence-electron chi connectivity index (χ4n) is 9.31. The molecule has 0 N–H and O–H groups in total. The van der Waals surface area contributed by atoms with Crippen molar-refractivity contribution < 1.29 is 0 Å². The van der Waals surface area contributed by atoms with Crippen molar-refractivity contribution in [2.45, 2.75) is 79.1 Å². The van der Waals surface area contributed by atoms with E-state index in [0.717, 1.165) is 68.4 Å². The standard InChI is InChI=1S/C60H56N4/c1-7-8-9-16-33-60(6)56-32-26-46(37-55(56)54-31-25-44(4)35-57(54)60)49(41-62)36-48-39-58(63(50-17-12-10-13-18-50)52-27-21-42(2)22-28-52)47(34-45(5)40-61)38-59(48)64(51-19-14-11-15-20-51)53-29-23-43(3)24-30-53/h10-15,17-32,34-39H,7-9,16,33H2,1-6H3/b45-34+,49-36+. The number of para-hydroxylation sites is 2. The molecule has 0 aromatic heterocycles. The van der Waals surface area contributed by atoms with Crippen LogP contribution in [-0.4, -0.2) is 0 Å². The molecule has 0 aliphatic heterocycles. The molecule has 0 fully saturated rings. The van der Waals surface area contributed by atoms with Gasteiger partial charge in [0.1, 0.15) is 0 Å². The van der Waals surface area contributed by atoms with Gasteiger partial charge in [-0.2, -0.15) is 10.5 Å².